The molecule has 0 spiro atoms. The van der Waals surface area contributed by atoms with Gasteiger partial charge >= 0.3 is 0 Å². The van der Waals surface area contributed by atoms with Gasteiger partial charge in [-0.3, -0.25) is 4.79 Å². The fourth-order valence-corrected chi connectivity index (χ4v) is 1.87. The van der Waals surface area contributed by atoms with E-state index in [1.54, 1.807) is 13.0 Å². The number of carbonyl (C=O) groups is 1. The Labute approximate surface area is 112 Å². The predicted octanol–water partition coefficient (Wildman–Crippen LogP) is 3.04. The van der Waals surface area contributed by atoms with Gasteiger partial charge in [0.1, 0.15) is 5.76 Å². The summed E-state index contributed by atoms with van der Waals surface area (Å²) in [5.74, 6) is 0.411. The fraction of sp³-hybridized carbons (Fsp3) is 0.333. The van der Waals surface area contributed by atoms with E-state index in [1.165, 1.54) is 5.56 Å². The zero-order chi connectivity index (χ0) is 13.8. The molecule has 0 aliphatic heterocycles. The molecule has 1 aromatic carbocycles. The summed E-state index contributed by atoms with van der Waals surface area (Å²) in [5, 5.41) is 6.60. The third-order valence-corrected chi connectivity index (χ3v) is 3.10. The Morgan fingerprint density at radius 2 is 2.05 bits per heavy atom. The molecule has 1 heterocycles. The Kier molecular flexibility index (Phi) is 4.00. The lowest BCUT2D eigenvalue weighted by Crippen LogP contribution is -2.26. The molecule has 0 aliphatic carbocycles. The van der Waals surface area contributed by atoms with E-state index in [2.05, 4.69) is 29.5 Å². The molecule has 0 fully saturated rings. The summed E-state index contributed by atoms with van der Waals surface area (Å²) in [7, 11) is 0. The van der Waals surface area contributed by atoms with Crippen molar-refractivity contribution >= 4 is 5.91 Å². The van der Waals surface area contributed by atoms with Crippen LogP contribution < -0.4 is 5.32 Å². The van der Waals surface area contributed by atoms with Gasteiger partial charge in [0.2, 0.25) is 0 Å². The van der Waals surface area contributed by atoms with E-state index in [0.717, 1.165) is 12.0 Å². The van der Waals surface area contributed by atoms with Crippen molar-refractivity contribution in [1.29, 1.82) is 0 Å². The summed E-state index contributed by atoms with van der Waals surface area (Å²) in [6, 6.07) is 9.81. The van der Waals surface area contributed by atoms with Crippen molar-refractivity contribution < 1.29 is 9.32 Å². The maximum absolute atomic E-state index is 11.9. The Morgan fingerprint density at radius 3 is 2.58 bits per heavy atom. The molecular formula is C15H18N2O2. The van der Waals surface area contributed by atoms with Gasteiger partial charge in [0, 0.05) is 6.07 Å². The Morgan fingerprint density at radius 1 is 1.37 bits per heavy atom. The highest BCUT2D eigenvalue weighted by atomic mass is 16.5. The van der Waals surface area contributed by atoms with Crippen molar-refractivity contribution in [2.24, 2.45) is 0 Å². The molecule has 1 amide bonds. The van der Waals surface area contributed by atoms with E-state index in [4.69, 9.17) is 4.52 Å². The molecule has 0 saturated carbocycles. The van der Waals surface area contributed by atoms with Gasteiger partial charge in [-0.05, 0) is 31.4 Å². The lowest BCUT2D eigenvalue weighted by molar-refractivity contribution is 0.0930. The first-order valence-electron chi connectivity index (χ1n) is 6.43. The van der Waals surface area contributed by atoms with Gasteiger partial charge in [0.05, 0.1) is 6.04 Å². The second-order valence-corrected chi connectivity index (χ2v) is 4.61. The van der Waals surface area contributed by atoms with Crippen LogP contribution in [0.25, 0.3) is 0 Å². The van der Waals surface area contributed by atoms with Crippen LogP contribution in [0.2, 0.25) is 0 Å². The smallest absolute Gasteiger partial charge is 0.273 e. The normalized spacial score (nSPS) is 12.2. The second kappa shape index (κ2) is 5.69. The second-order valence-electron chi connectivity index (χ2n) is 4.61. The summed E-state index contributed by atoms with van der Waals surface area (Å²) in [5.41, 5.74) is 2.68. The first kappa shape index (κ1) is 13.3. The van der Waals surface area contributed by atoms with Gasteiger partial charge in [0.15, 0.2) is 5.69 Å². The van der Waals surface area contributed by atoms with E-state index in [1.807, 2.05) is 19.1 Å². The highest BCUT2D eigenvalue weighted by Gasteiger charge is 2.14. The van der Waals surface area contributed by atoms with Crippen molar-refractivity contribution in [2.45, 2.75) is 33.2 Å². The van der Waals surface area contributed by atoms with Crippen molar-refractivity contribution in [1.82, 2.24) is 10.5 Å². The molecule has 1 N–H and O–H groups in total. The predicted molar refractivity (Wildman–Crippen MR) is 72.9 cm³/mol. The largest absolute Gasteiger partial charge is 0.361 e. The standard InChI is InChI=1S/C15H18N2O2/c1-4-12-5-7-13(8-6-12)11(3)16-15(18)14-9-10(2)19-17-14/h5-9,11H,4H2,1-3H3,(H,16,18)/t11-/m0/s1. The number of aryl methyl sites for hydroxylation is 2. The summed E-state index contributed by atoms with van der Waals surface area (Å²) < 4.78 is 4.89. The van der Waals surface area contributed by atoms with Crippen molar-refractivity contribution in [2.75, 3.05) is 0 Å². The summed E-state index contributed by atoms with van der Waals surface area (Å²) in [4.78, 5) is 11.9. The molecule has 0 unspecified atom stereocenters. The monoisotopic (exact) mass is 258 g/mol. The lowest BCUT2D eigenvalue weighted by Gasteiger charge is -2.13. The zero-order valence-electron chi connectivity index (χ0n) is 11.4. The van der Waals surface area contributed by atoms with E-state index >= 15 is 0 Å². The van der Waals surface area contributed by atoms with Gasteiger partial charge in [-0.1, -0.05) is 36.3 Å². The van der Waals surface area contributed by atoms with Gasteiger partial charge in [-0.25, -0.2) is 0 Å². The summed E-state index contributed by atoms with van der Waals surface area (Å²) >= 11 is 0. The number of hydrogen-bond donors (Lipinski definition) is 1. The first-order chi connectivity index (χ1) is 9.10. The molecule has 1 atom stereocenters. The van der Waals surface area contributed by atoms with Crippen LogP contribution in [0.3, 0.4) is 0 Å². The molecule has 4 nitrogen and oxygen atoms in total. The Hall–Kier alpha value is -2.10. The molecule has 1 aromatic heterocycles. The summed E-state index contributed by atoms with van der Waals surface area (Å²) in [6.07, 6.45) is 1.01. The zero-order valence-corrected chi connectivity index (χ0v) is 11.4. The van der Waals surface area contributed by atoms with Crippen LogP contribution in [0.1, 0.15) is 47.3 Å². The average Bonchev–Trinajstić information content (AvgIpc) is 2.85. The molecule has 0 aliphatic rings. The Balaban J connectivity index is 2.03. The number of amides is 1. The molecule has 4 heteroatoms. The van der Waals surface area contributed by atoms with Crippen LogP contribution in [-0.4, -0.2) is 11.1 Å². The van der Waals surface area contributed by atoms with Gasteiger partial charge < -0.3 is 9.84 Å². The van der Waals surface area contributed by atoms with Crippen molar-refractivity contribution in [3.63, 3.8) is 0 Å². The van der Waals surface area contributed by atoms with Gasteiger partial charge in [-0.2, -0.15) is 0 Å². The van der Waals surface area contributed by atoms with Gasteiger partial charge in [0.25, 0.3) is 5.91 Å². The molecule has 0 radical (unpaired) electrons. The minimum atomic E-state index is -0.219. The fourth-order valence-electron chi connectivity index (χ4n) is 1.87. The third kappa shape index (κ3) is 3.22. The quantitative estimate of drug-likeness (QED) is 0.917. The molecule has 0 saturated heterocycles. The highest BCUT2D eigenvalue weighted by Crippen LogP contribution is 2.14. The van der Waals surface area contributed by atoms with Crippen LogP contribution >= 0.6 is 0 Å². The number of aromatic nitrogens is 1. The topological polar surface area (TPSA) is 55.1 Å². The van der Waals surface area contributed by atoms with Crippen LogP contribution in [-0.2, 0) is 6.42 Å². The minimum Gasteiger partial charge on any atom is -0.361 e. The van der Waals surface area contributed by atoms with Crippen LogP contribution in [0, 0.1) is 6.92 Å². The molecule has 2 rings (SSSR count). The number of carbonyl (C=O) groups excluding carboxylic acids is 1. The van der Waals surface area contributed by atoms with E-state index in [0.29, 0.717) is 11.5 Å². The van der Waals surface area contributed by atoms with Crippen molar-refractivity contribution in [3.05, 3.63) is 52.9 Å². The van der Waals surface area contributed by atoms with Crippen LogP contribution in [0.5, 0.6) is 0 Å². The van der Waals surface area contributed by atoms with Crippen LogP contribution in [0.4, 0.5) is 0 Å². The average molecular weight is 258 g/mol. The molecule has 2 aromatic rings. The first-order valence-corrected chi connectivity index (χ1v) is 6.43. The number of nitrogens with zero attached hydrogens (tertiary/aromatic N) is 1. The molecule has 0 bridgehead atoms. The third-order valence-electron chi connectivity index (χ3n) is 3.10. The van der Waals surface area contributed by atoms with Crippen LogP contribution in [0.15, 0.2) is 34.9 Å². The minimum absolute atomic E-state index is 0.0598. The van der Waals surface area contributed by atoms with Gasteiger partial charge in [-0.15, -0.1) is 0 Å². The van der Waals surface area contributed by atoms with E-state index in [-0.39, 0.29) is 11.9 Å². The molecule has 19 heavy (non-hydrogen) atoms. The maximum Gasteiger partial charge on any atom is 0.273 e. The Bertz CT molecular complexity index is 558. The molecular weight excluding hydrogens is 240 g/mol. The number of benzene rings is 1. The number of rotatable bonds is 4. The van der Waals surface area contributed by atoms with Crippen molar-refractivity contribution in [3.8, 4) is 0 Å². The number of nitrogens with one attached hydrogen (secondary N) is 1. The number of hydrogen-bond acceptors (Lipinski definition) is 3. The lowest BCUT2D eigenvalue weighted by atomic mass is 10.0. The summed E-state index contributed by atoms with van der Waals surface area (Å²) in [6.45, 7) is 5.83. The highest BCUT2D eigenvalue weighted by molar-refractivity contribution is 5.92. The SMILES string of the molecule is CCc1ccc([C@H](C)NC(=O)c2cc(C)on2)cc1. The molecule has 100 valence electrons. The van der Waals surface area contributed by atoms with E-state index < -0.39 is 0 Å². The van der Waals surface area contributed by atoms with E-state index in [9.17, 15) is 4.79 Å². The maximum atomic E-state index is 11.9.